The fraction of sp³-hybridized carbons (Fsp3) is 0.222. The Balaban J connectivity index is 2.18. The molecule has 0 saturated heterocycles. The van der Waals surface area contributed by atoms with Crippen molar-refractivity contribution in [2.45, 2.75) is 20.3 Å². The third-order valence-electron chi connectivity index (χ3n) is 3.55. The topological polar surface area (TPSA) is 49.4 Å². The molecule has 0 heterocycles. The van der Waals surface area contributed by atoms with E-state index in [2.05, 4.69) is 5.32 Å². The lowest BCUT2D eigenvalue weighted by Crippen LogP contribution is -2.37. The number of aryl methyl sites for hydroxylation is 1. The van der Waals surface area contributed by atoms with Crippen LogP contribution in [0.5, 0.6) is 0 Å². The maximum atomic E-state index is 12.3. The van der Waals surface area contributed by atoms with E-state index in [9.17, 15) is 9.59 Å². The van der Waals surface area contributed by atoms with Crippen molar-refractivity contribution < 1.29 is 9.59 Å². The van der Waals surface area contributed by atoms with Gasteiger partial charge in [0, 0.05) is 17.6 Å². The molecule has 0 bridgehead atoms. The highest BCUT2D eigenvalue weighted by atomic mass is 35.5. The van der Waals surface area contributed by atoms with E-state index in [1.165, 1.54) is 11.8 Å². The van der Waals surface area contributed by atoms with Gasteiger partial charge in [0.25, 0.3) is 0 Å². The highest BCUT2D eigenvalue weighted by molar-refractivity contribution is 6.36. The molecule has 0 aliphatic carbocycles. The first-order valence-electron chi connectivity index (χ1n) is 7.53. The summed E-state index contributed by atoms with van der Waals surface area (Å²) < 4.78 is 0. The summed E-state index contributed by atoms with van der Waals surface area (Å²) in [4.78, 5) is 25.8. The Morgan fingerprint density at radius 3 is 2.46 bits per heavy atom. The molecule has 0 saturated carbocycles. The molecule has 0 aliphatic rings. The van der Waals surface area contributed by atoms with Crippen molar-refractivity contribution in [3.8, 4) is 0 Å². The number of nitrogens with zero attached hydrogens (tertiary/aromatic N) is 1. The summed E-state index contributed by atoms with van der Waals surface area (Å²) in [5.41, 5.74) is 2.20. The molecule has 2 aromatic carbocycles. The third-order valence-corrected chi connectivity index (χ3v) is 4.10. The largest absolute Gasteiger partial charge is 0.323 e. The monoisotopic (exact) mass is 364 g/mol. The summed E-state index contributed by atoms with van der Waals surface area (Å²) >= 11 is 11.9. The predicted octanol–water partition coefficient (Wildman–Crippen LogP) is 4.55. The van der Waals surface area contributed by atoms with Crippen LogP contribution in [0.1, 0.15) is 19.4 Å². The van der Waals surface area contributed by atoms with Gasteiger partial charge in [-0.3, -0.25) is 9.59 Å². The van der Waals surface area contributed by atoms with Crippen molar-refractivity contribution in [1.82, 2.24) is 0 Å². The van der Waals surface area contributed by atoms with Gasteiger partial charge in [0.1, 0.15) is 6.54 Å². The Kier molecular flexibility index (Phi) is 6.23. The number of benzene rings is 2. The van der Waals surface area contributed by atoms with Crippen LogP contribution in [0.15, 0.2) is 42.5 Å². The molecule has 1 N–H and O–H groups in total. The molecule has 126 valence electrons. The Labute approximate surface area is 151 Å². The van der Waals surface area contributed by atoms with Gasteiger partial charge in [-0.25, -0.2) is 0 Å². The SMILES string of the molecule is CCc1ccccc1N(CC(=O)Nc1ccc(Cl)cc1Cl)C(C)=O. The molecule has 0 radical (unpaired) electrons. The maximum Gasteiger partial charge on any atom is 0.244 e. The van der Waals surface area contributed by atoms with Gasteiger partial charge < -0.3 is 10.2 Å². The number of nitrogens with one attached hydrogen (secondary N) is 1. The van der Waals surface area contributed by atoms with Gasteiger partial charge in [-0.15, -0.1) is 0 Å². The lowest BCUT2D eigenvalue weighted by Gasteiger charge is -2.23. The maximum absolute atomic E-state index is 12.3. The second kappa shape index (κ2) is 8.18. The molecule has 0 fully saturated rings. The Bertz CT molecular complexity index is 762. The van der Waals surface area contributed by atoms with Crippen molar-refractivity contribution in [2.75, 3.05) is 16.8 Å². The van der Waals surface area contributed by atoms with Gasteiger partial charge in [0.05, 0.1) is 10.7 Å². The number of halogens is 2. The number of amides is 2. The number of para-hydroxylation sites is 1. The van der Waals surface area contributed by atoms with Gasteiger partial charge in [-0.1, -0.05) is 48.3 Å². The number of hydrogen-bond donors (Lipinski definition) is 1. The molecule has 0 unspecified atom stereocenters. The lowest BCUT2D eigenvalue weighted by molar-refractivity contribution is -0.120. The molecule has 0 spiro atoms. The lowest BCUT2D eigenvalue weighted by atomic mass is 10.1. The summed E-state index contributed by atoms with van der Waals surface area (Å²) in [6.45, 7) is 3.35. The van der Waals surface area contributed by atoms with Gasteiger partial charge >= 0.3 is 0 Å². The summed E-state index contributed by atoms with van der Waals surface area (Å²) in [6, 6.07) is 12.3. The summed E-state index contributed by atoms with van der Waals surface area (Å²) in [6.07, 6.45) is 0.768. The van der Waals surface area contributed by atoms with Crippen LogP contribution in [0.3, 0.4) is 0 Å². The zero-order valence-corrected chi connectivity index (χ0v) is 15.0. The van der Waals surface area contributed by atoms with Crippen molar-refractivity contribution >= 4 is 46.4 Å². The fourth-order valence-electron chi connectivity index (χ4n) is 2.36. The van der Waals surface area contributed by atoms with Crippen LogP contribution in [0.4, 0.5) is 11.4 Å². The van der Waals surface area contributed by atoms with Gasteiger partial charge in [0.2, 0.25) is 11.8 Å². The number of anilines is 2. The standard InChI is InChI=1S/C18H18Cl2N2O2/c1-3-13-6-4-5-7-17(13)22(12(2)23)11-18(24)21-16-9-8-14(19)10-15(16)20/h4-10H,3,11H2,1-2H3,(H,21,24). The number of hydrogen-bond acceptors (Lipinski definition) is 2. The molecule has 2 amide bonds. The number of rotatable bonds is 5. The first-order chi connectivity index (χ1) is 11.4. The minimum absolute atomic E-state index is 0.0920. The average Bonchev–Trinajstić information content (AvgIpc) is 2.55. The quantitative estimate of drug-likeness (QED) is 0.845. The van der Waals surface area contributed by atoms with Crippen molar-refractivity contribution in [3.63, 3.8) is 0 Å². The molecule has 6 heteroatoms. The van der Waals surface area contributed by atoms with Gasteiger partial charge in [-0.05, 0) is 36.2 Å². The third kappa shape index (κ3) is 4.49. The molecule has 24 heavy (non-hydrogen) atoms. The molecule has 4 nitrogen and oxygen atoms in total. The minimum Gasteiger partial charge on any atom is -0.323 e. The van der Waals surface area contributed by atoms with Crippen LogP contribution in [-0.4, -0.2) is 18.4 Å². The smallest absolute Gasteiger partial charge is 0.244 e. The van der Waals surface area contributed by atoms with Crippen molar-refractivity contribution in [2.24, 2.45) is 0 Å². The van der Waals surface area contributed by atoms with Crippen molar-refractivity contribution in [3.05, 3.63) is 58.1 Å². The van der Waals surface area contributed by atoms with E-state index in [0.717, 1.165) is 17.7 Å². The van der Waals surface area contributed by atoms with Crippen LogP contribution < -0.4 is 10.2 Å². The van der Waals surface area contributed by atoms with E-state index in [4.69, 9.17) is 23.2 Å². The Hall–Kier alpha value is -2.04. The molecule has 2 rings (SSSR count). The van der Waals surface area contributed by atoms with Crippen molar-refractivity contribution in [1.29, 1.82) is 0 Å². The Morgan fingerprint density at radius 1 is 1.12 bits per heavy atom. The van der Waals surface area contributed by atoms with Crippen LogP contribution in [0, 0.1) is 0 Å². The second-order valence-corrected chi connectivity index (χ2v) is 6.10. The van der Waals surface area contributed by atoms with Gasteiger partial charge in [-0.2, -0.15) is 0 Å². The average molecular weight is 365 g/mol. The zero-order chi connectivity index (χ0) is 17.7. The highest BCUT2D eigenvalue weighted by Crippen LogP contribution is 2.26. The first kappa shape index (κ1) is 18.3. The summed E-state index contributed by atoms with van der Waals surface area (Å²) in [5.74, 6) is -0.534. The van der Waals surface area contributed by atoms with Crippen LogP contribution in [0.2, 0.25) is 10.0 Å². The van der Waals surface area contributed by atoms with E-state index < -0.39 is 0 Å². The molecule has 0 aliphatic heterocycles. The molecular weight excluding hydrogens is 347 g/mol. The summed E-state index contributed by atoms with van der Waals surface area (Å²) in [5, 5.41) is 3.54. The second-order valence-electron chi connectivity index (χ2n) is 5.26. The normalized spacial score (nSPS) is 10.3. The van der Waals surface area contributed by atoms with E-state index in [1.54, 1.807) is 18.2 Å². The summed E-state index contributed by atoms with van der Waals surface area (Å²) in [7, 11) is 0. The van der Waals surface area contributed by atoms with Crippen LogP contribution in [0.25, 0.3) is 0 Å². The molecule has 2 aromatic rings. The van der Waals surface area contributed by atoms with Gasteiger partial charge in [0.15, 0.2) is 0 Å². The Morgan fingerprint density at radius 2 is 1.83 bits per heavy atom. The molecule has 0 aromatic heterocycles. The van der Waals surface area contributed by atoms with E-state index >= 15 is 0 Å². The van der Waals surface area contributed by atoms with E-state index in [0.29, 0.717) is 15.7 Å². The first-order valence-corrected chi connectivity index (χ1v) is 8.29. The molecule has 0 atom stereocenters. The highest BCUT2D eigenvalue weighted by Gasteiger charge is 2.18. The minimum atomic E-state index is -0.333. The van der Waals surface area contributed by atoms with E-state index in [-0.39, 0.29) is 18.4 Å². The molecular formula is C18H18Cl2N2O2. The predicted molar refractivity (Wildman–Crippen MR) is 98.9 cm³/mol. The zero-order valence-electron chi connectivity index (χ0n) is 13.5. The fourth-order valence-corrected chi connectivity index (χ4v) is 2.82. The van der Waals surface area contributed by atoms with Crippen LogP contribution in [-0.2, 0) is 16.0 Å². The van der Waals surface area contributed by atoms with Crippen LogP contribution >= 0.6 is 23.2 Å². The number of carbonyl (C=O) groups excluding carboxylic acids is 2. The van der Waals surface area contributed by atoms with E-state index in [1.807, 2.05) is 31.2 Å². The number of carbonyl (C=O) groups is 2.